The molecule has 3 atom stereocenters. The normalized spacial score (nSPS) is 22.7. The minimum atomic E-state index is -0.766. The zero-order chi connectivity index (χ0) is 19.4. The highest BCUT2D eigenvalue weighted by Crippen LogP contribution is 2.24. The molecule has 0 unspecified atom stereocenters. The van der Waals surface area contributed by atoms with Crippen LogP contribution in [-0.2, 0) is 11.8 Å². The van der Waals surface area contributed by atoms with E-state index in [9.17, 15) is 9.90 Å². The molecule has 1 aliphatic carbocycles. The van der Waals surface area contributed by atoms with Crippen LogP contribution in [0, 0.1) is 13.8 Å². The number of aryl methyl sites for hydroxylation is 2. The fourth-order valence-corrected chi connectivity index (χ4v) is 3.44. The van der Waals surface area contributed by atoms with Crippen molar-refractivity contribution in [3.8, 4) is 5.75 Å². The monoisotopic (exact) mass is 370 g/mol. The summed E-state index contributed by atoms with van der Waals surface area (Å²) in [5, 5.41) is 17.9. The maximum absolute atomic E-state index is 12.3. The molecule has 0 aromatic carbocycles. The van der Waals surface area contributed by atoms with Gasteiger partial charge in [-0.3, -0.25) is 14.5 Å². The summed E-state index contributed by atoms with van der Waals surface area (Å²) < 4.78 is 7.64. The summed E-state index contributed by atoms with van der Waals surface area (Å²) in [5.41, 5.74) is 2.82. The van der Waals surface area contributed by atoms with Crippen LogP contribution in [0.4, 0.5) is 0 Å². The van der Waals surface area contributed by atoms with Crippen LogP contribution in [-0.4, -0.2) is 44.0 Å². The fraction of sp³-hybridized carbons (Fsp3) is 0.450. The summed E-state index contributed by atoms with van der Waals surface area (Å²) >= 11 is 0. The van der Waals surface area contributed by atoms with E-state index in [-0.39, 0.29) is 18.1 Å². The lowest BCUT2D eigenvalue weighted by Crippen LogP contribution is -2.52. The summed E-state index contributed by atoms with van der Waals surface area (Å²) in [6.45, 7) is 3.87. The molecular weight excluding hydrogens is 344 g/mol. The molecule has 2 heterocycles. The number of aliphatic hydroxyl groups is 1. The van der Waals surface area contributed by atoms with Crippen LogP contribution in [0.15, 0.2) is 30.6 Å². The molecule has 7 nitrogen and oxygen atoms in total. The van der Waals surface area contributed by atoms with E-state index in [1.165, 1.54) is 6.08 Å². The molecule has 1 saturated carbocycles. The number of aliphatic hydroxyl groups excluding tert-OH is 1. The number of carbonyl (C=O) groups is 1. The van der Waals surface area contributed by atoms with Gasteiger partial charge in [0, 0.05) is 30.6 Å². The smallest absolute Gasteiger partial charge is 0.244 e. The molecule has 144 valence electrons. The van der Waals surface area contributed by atoms with Crippen LogP contribution in [0.3, 0.4) is 0 Å². The third-order valence-electron chi connectivity index (χ3n) is 5.01. The van der Waals surface area contributed by atoms with E-state index >= 15 is 0 Å². The average molecular weight is 370 g/mol. The van der Waals surface area contributed by atoms with E-state index in [2.05, 4.69) is 15.4 Å². The molecule has 0 spiro atoms. The Morgan fingerprint density at radius 1 is 1.41 bits per heavy atom. The standard InChI is InChI=1S/C20H26N4O3/c1-13-16(14(2)24(3)23-13)9-10-19(25)22-17-7-4-8-18(20(17)26)27-15-6-5-11-21-12-15/h5-6,9-12,17-18,20,26H,4,7-8H2,1-3H3,(H,22,25)/b10-9+/t17-,18-,20-/m1/s1. The van der Waals surface area contributed by atoms with Gasteiger partial charge in [-0.25, -0.2) is 0 Å². The van der Waals surface area contributed by atoms with Gasteiger partial charge in [0.05, 0.1) is 17.9 Å². The molecule has 0 aliphatic heterocycles. The van der Waals surface area contributed by atoms with Gasteiger partial charge < -0.3 is 15.2 Å². The molecule has 7 heteroatoms. The quantitative estimate of drug-likeness (QED) is 0.785. The molecule has 1 amide bonds. The number of nitrogens with zero attached hydrogens (tertiary/aromatic N) is 3. The van der Waals surface area contributed by atoms with Gasteiger partial charge in [-0.1, -0.05) is 0 Å². The molecule has 2 aromatic rings. The number of nitrogens with one attached hydrogen (secondary N) is 1. The van der Waals surface area contributed by atoms with E-state index in [1.54, 1.807) is 29.2 Å². The van der Waals surface area contributed by atoms with E-state index < -0.39 is 6.10 Å². The fourth-order valence-electron chi connectivity index (χ4n) is 3.44. The largest absolute Gasteiger partial charge is 0.486 e. The third-order valence-corrected chi connectivity index (χ3v) is 5.01. The Balaban J connectivity index is 1.60. The number of amides is 1. The van der Waals surface area contributed by atoms with Gasteiger partial charge >= 0.3 is 0 Å². The number of ether oxygens (including phenoxy) is 1. The van der Waals surface area contributed by atoms with Crippen LogP contribution in [0.25, 0.3) is 6.08 Å². The summed E-state index contributed by atoms with van der Waals surface area (Å²) in [7, 11) is 1.88. The lowest BCUT2D eigenvalue weighted by atomic mass is 9.89. The summed E-state index contributed by atoms with van der Waals surface area (Å²) in [6.07, 6.45) is 7.77. The highest BCUT2D eigenvalue weighted by molar-refractivity contribution is 5.92. The topological polar surface area (TPSA) is 89.3 Å². The summed E-state index contributed by atoms with van der Waals surface area (Å²) in [6, 6.07) is 3.26. The van der Waals surface area contributed by atoms with Crippen molar-refractivity contribution in [2.75, 3.05) is 0 Å². The minimum Gasteiger partial charge on any atom is -0.486 e. The zero-order valence-electron chi connectivity index (χ0n) is 15.9. The van der Waals surface area contributed by atoms with Crippen molar-refractivity contribution < 1.29 is 14.6 Å². The Labute approximate surface area is 159 Å². The van der Waals surface area contributed by atoms with Gasteiger partial charge in [-0.2, -0.15) is 5.10 Å². The van der Waals surface area contributed by atoms with Gasteiger partial charge in [0.2, 0.25) is 5.91 Å². The Kier molecular flexibility index (Phi) is 5.91. The first kappa shape index (κ1) is 19.1. The molecule has 1 aliphatic rings. The third kappa shape index (κ3) is 4.54. The van der Waals surface area contributed by atoms with Crippen molar-refractivity contribution in [1.29, 1.82) is 0 Å². The number of rotatable bonds is 5. The second-order valence-corrected chi connectivity index (χ2v) is 6.92. The lowest BCUT2D eigenvalue weighted by Gasteiger charge is -2.35. The molecule has 0 radical (unpaired) electrons. The number of hydrogen-bond acceptors (Lipinski definition) is 5. The van der Waals surface area contributed by atoms with Crippen LogP contribution >= 0.6 is 0 Å². The predicted molar refractivity (Wildman–Crippen MR) is 102 cm³/mol. The molecule has 0 bridgehead atoms. The van der Waals surface area contributed by atoms with E-state index in [1.807, 2.05) is 27.0 Å². The first-order valence-electron chi connectivity index (χ1n) is 9.19. The van der Waals surface area contributed by atoms with Gasteiger partial charge in [-0.15, -0.1) is 0 Å². The summed E-state index contributed by atoms with van der Waals surface area (Å²) in [5.74, 6) is 0.389. The maximum Gasteiger partial charge on any atom is 0.244 e. The molecule has 27 heavy (non-hydrogen) atoms. The van der Waals surface area contributed by atoms with Gasteiger partial charge in [0.25, 0.3) is 0 Å². The Hall–Kier alpha value is -2.67. The Morgan fingerprint density at radius 3 is 2.89 bits per heavy atom. The van der Waals surface area contributed by atoms with E-state index in [4.69, 9.17) is 4.74 Å². The van der Waals surface area contributed by atoms with Gasteiger partial charge in [0.1, 0.15) is 18.0 Å². The van der Waals surface area contributed by atoms with Crippen LogP contribution in [0.5, 0.6) is 5.75 Å². The van der Waals surface area contributed by atoms with Gasteiger partial charge in [0.15, 0.2) is 0 Å². The second-order valence-electron chi connectivity index (χ2n) is 6.92. The molecule has 3 rings (SSSR count). The van der Waals surface area contributed by atoms with Crippen LogP contribution < -0.4 is 10.1 Å². The van der Waals surface area contributed by atoms with E-state index in [0.717, 1.165) is 36.2 Å². The zero-order valence-corrected chi connectivity index (χ0v) is 15.9. The highest BCUT2D eigenvalue weighted by Gasteiger charge is 2.34. The van der Waals surface area contributed by atoms with Crippen molar-refractivity contribution in [1.82, 2.24) is 20.1 Å². The van der Waals surface area contributed by atoms with Gasteiger partial charge in [-0.05, 0) is 51.3 Å². The Bertz CT molecular complexity index is 816. The molecule has 1 fully saturated rings. The number of aromatic nitrogens is 3. The molecular formula is C20H26N4O3. The first-order chi connectivity index (χ1) is 13.0. The molecule has 2 aromatic heterocycles. The number of hydrogen-bond donors (Lipinski definition) is 2. The number of carbonyl (C=O) groups excluding carboxylic acids is 1. The van der Waals surface area contributed by atoms with Crippen molar-refractivity contribution >= 4 is 12.0 Å². The molecule has 0 saturated heterocycles. The predicted octanol–water partition coefficient (Wildman–Crippen LogP) is 1.92. The summed E-state index contributed by atoms with van der Waals surface area (Å²) in [4.78, 5) is 16.4. The minimum absolute atomic E-state index is 0.233. The molecule has 2 N–H and O–H groups in total. The van der Waals surface area contributed by atoms with Crippen molar-refractivity contribution in [2.24, 2.45) is 7.05 Å². The first-order valence-corrected chi connectivity index (χ1v) is 9.19. The second kappa shape index (κ2) is 8.35. The van der Waals surface area contributed by atoms with Crippen molar-refractivity contribution in [3.05, 3.63) is 47.6 Å². The maximum atomic E-state index is 12.3. The van der Waals surface area contributed by atoms with Crippen molar-refractivity contribution in [2.45, 2.75) is 51.4 Å². The van der Waals surface area contributed by atoms with Crippen LogP contribution in [0.1, 0.15) is 36.2 Å². The average Bonchev–Trinajstić information content (AvgIpc) is 2.89. The SMILES string of the molecule is Cc1nn(C)c(C)c1/C=C/C(=O)N[C@@H]1CCC[C@@H](Oc2cccnc2)[C@@H]1O. The Morgan fingerprint density at radius 2 is 2.22 bits per heavy atom. The van der Waals surface area contributed by atoms with Crippen molar-refractivity contribution in [3.63, 3.8) is 0 Å². The van der Waals surface area contributed by atoms with E-state index in [0.29, 0.717) is 5.75 Å². The lowest BCUT2D eigenvalue weighted by molar-refractivity contribution is -0.119. The number of pyridine rings is 1. The van der Waals surface area contributed by atoms with Crippen LogP contribution in [0.2, 0.25) is 0 Å². The highest BCUT2D eigenvalue weighted by atomic mass is 16.5.